The lowest BCUT2D eigenvalue weighted by molar-refractivity contribution is 0.0797. The van der Waals surface area contributed by atoms with Gasteiger partial charge in [-0.25, -0.2) is 9.78 Å². The summed E-state index contributed by atoms with van der Waals surface area (Å²) in [5.41, 5.74) is 4.20. The Hall–Kier alpha value is -3.23. The summed E-state index contributed by atoms with van der Waals surface area (Å²) in [6.45, 7) is 6.20. The first-order chi connectivity index (χ1) is 17.5. The van der Waals surface area contributed by atoms with Crippen molar-refractivity contribution in [2.24, 2.45) is 5.92 Å². The zero-order valence-electron chi connectivity index (χ0n) is 20.3. The van der Waals surface area contributed by atoms with Crippen molar-refractivity contribution >= 4 is 45.1 Å². The van der Waals surface area contributed by atoms with Gasteiger partial charge in [0.2, 0.25) is 0 Å². The van der Waals surface area contributed by atoms with Gasteiger partial charge < -0.3 is 19.8 Å². The van der Waals surface area contributed by atoms with E-state index >= 15 is 0 Å². The van der Waals surface area contributed by atoms with Crippen LogP contribution in [0, 0.1) is 5.92 Å². The first-order valence-corrected chi connectivity index (χ1v) is 13.3. The van der Waals surface area contributed by atoms with E-state index in [1.54, 1.807) is 17.5 Å². The van der Waals surface area contributed by atoms with Crippen LogP contribution in [0.1, 0.15) is 36.7 Å². The molecule has 2 aromatic heterocycles. The normalized spacial score (nSPS) is 15.2. The molecule has 1 amide bonds. The number of aromatic nitrogens is 2. The molecule has 0 radical (unpaired) electrons. The van der Waals surface area contributed by atoms with Gasteiger partial charge in [0, 0.05) is 39.7 Å². The van der Waals surface area contributed by atoms with Crippen molar-refractivity contribution in [1.29, 1.82) is 0 Å². The number of halogens is 1. The minimum Gasteiger partial charge on any atom is -0.492 e. The Balaban J connectivity index is 1.38. The van der Waals surface area contributed by atoms with Crippen molar-refractivity contribution in [2.45, 2.75) is 26.3 Å². The highest BCUT2D eigenvalue weighted by atomic mass is 35.5. The summed E-state index contributed by atoms with van der Waals surface area (Å²) >= 11 is 7.86. The summed E-state index contributed by atoms with van der Waals surface area (Å²) in [5.74, 6) is 1.04. The number of thiazole rings is 1. The molecule has 7 nitrogen and oxygen atoms in total. The lowest BCUT2D eigenvalue weighted by atomic mass is 9.92. The van der Waals surface area contributed by atoms with Gasteiger partial charge >= 0.3 is 6.09 Å². The number of hydrogen-bond donors (Lipinski definition) is 2. The maximum atomic E-state index is 13.1. The van der Waals surface area contributed by atoms with Crippen LogP contribution in [-0.4, -0.2) is 47.3 Å². The third-order valence-corrected chi connectivity index (χ3v) is 7.10. The fraction of sp³-hybridized carbons (Fsp3) is 0.333. The standard InChI is InChI=1S/C27H29ClN4O3S/c1-17(2)16-35-27(33)32-12-9-21-22-15-19(28)5-8-23(22)31-24(21)25(32)18-3-6-20(7-4-18)34-13-10-29-26-30-11-14-36-26/h3-8,11,14-15,17,25,31H,9-10,12-13,16H2,1-2H3,(H,29,30)/t25-/m0/s1. The lowest BCUT2D eigenvalue weighted by Crippen LogP contribution is -2.41. The third-order valence-electron chi connectivity index (χ3n) is 6.14. The van der Waals surface area contributed by atoms with Gasteiger partial charge in [-0.15, -0.1) is 11.3 Å². The highest BCUT2D eigenvalue weighted by molar-refractivity contribution is 7.13. The molecular weight excluding hydrogens is 496 g/mol. The lowest BCUT2D eigenvalue weighted by Gasteiger charge is -2.35. The summed E-state index contributed by atoms with van der Waals surface area (Å²) in [7, 11) is 0. The molecule has 36 heavy (non-hydrogen) atoms. The largest absolute Gasteiger partial charge is 0.492 e. The van der Waals surface area contributed by atoms with Gasteiger partial charge in [0.1, 0.15) is 18.4 Å². The zero-order valence-corrected chi connectivity index (χ0v) is 21.9. The Labute approximate surface area is 219 Å². The first-order valence-electron chi connectivity index (χ1n) is 12.1. The number of ether oxygens (including phenoxy) is 2. The zero-order chi connectivity index (χ0) is 25.1. The molecule has 0 saturated heterocycles. The van der Waals surface area contributed by atoms with Gasteiger partial charge in [0.15, 0.2) is 5.13 Å². The number of nitrogens with zero attached hydrogens (tertiary/aromatic N) is 2. The Bertz CT molecular complexity index is 1320. The number of carbonyl (C=O) groups excluding carboxylic acids is 1. The number of fused-ring (bicyclic) bond motifs is 3. The first kappa shape index (κ1) is 24.5. The highest BCUT2D eigenvalue weighted by Gasteiger charge is 2.35. The van der Waals surface area contributed by atoms with E-state index in [9.17, 15) is 4.79 Å². The van der Waals surface area contributed by atoms with E-state index in [0.717, 1.165) is 39.5 Å². The molecule has 1 atom stereocenters. The second-order valence-electron chi connectivity index (χ2n) is 9.21. The molecule has 4 aromatic rings. The van der Waals surface area contributed by atoms with Crippen LogP contribution in [0.5, 0.6) is 5.75 Å². The second-order valence-corrected chi connectivity index (χ2v) is 10.5. The van der Waals surface area contributed by atoms with Crippen molar-refractivity contribution in [3.05, 3.63) is 75.9 Å². The summed E-state index contributed by atoms with van der Waals surface area (Å²) < 4.78 is 11.5. The van der Waals surface area contributed by atoms with Crippen LogP contribution in [0.3, 0.4) is 0 Å². The SMILES string of the molecule is CC(C)COC(=O)N1CCc2c([nH]c3ccc(Cl)cc23)[C@@H]1c1ccc(OCCNc2nccs2)cc1. The molecule has 0 saturated carbocycles. The Morgan fingerprint density at radius 3 is 2.86 bits per heavy atom. The summed E-state index contributed by atoms with van der Waals surface area (Å²) in [6, 6.07) is 13.5. The van der Waals surface area contributed by atoms with E-state index in [1.165, 1.54) is 5.56 Å². The van der Waals surface area contributed by atoms with Gasteiger partial charge in [0.25, 0.3) is 0 Å². The van der Waals surface area contributed by atoms with Crippen LogP contribution >= 0.6 is 22.9 Å². The topological polar surface area (TPSA) is 79.5 Å². The maximum absolute atomic E-state index is 13.1. The number of carbonyl (C=O) groups is 1. The maximum Gasteiger partial charge on any atom is 0.410 e. The summed E-state index contributed by atoms with van der Waals surface area (Å²) in [6.07, 6.45) is 2.20. The van der Waals surface area contributed by atoms with E-state index in [2.05, 4.69) is 15.3 Å². The van der Waals surface area contributed by atoms with Crippen LogP contribution < -0.4 is 10.1 Å². The molecule has 9 heteroatoms. The van der Waals surface area contributed by atoms with E-state index in [-0.39, 0.29) is 18.1 Å². The van der Waals surface area contributed by atoms with E-state index < -0.39 is 0 Å². The molecule has 0 fully saturated rings. The molecule has 188 valence electrons. The average molecular weight is 525 g/mol. The number of aromatic amines is 1. The molecule has 2 N–H and O–H groups in total. The van der Waals surface area contributed by atoms with E-state index in [0.29, 0.717) is 31.3 Å². The fourth-order valence-corrected chi connectivity index (χ4v) is 5.24. The van der Waals surface area contributed by atoms with Gasteiger partial charge in [-0.3, -0.25) is 4.90 Å². The quantitative estimate of drug-likeness (QED) is 0.257. The molecule has 3 heterocycles. The molecule has 0 spiro atoms. The summed E-state index contributed by atoms with van der Waals surface area (Å²) in [4.78, 5) is 22.7. The van der Waals surface area contributed by atoms with Crippen molar-refractivity contribution in [3.8, 4) is 5.75 Å². The number of rotatable bonds is 8. The Morgan fingerprint density at radius 1 is 1.28 bits per heavy atom. The third kappa shape index (κ3) is 5.29. The monoisotopic (exact) mass is 524 g/mol. The van der Waals surface area contributed by atoms with Gasteiger partial charge in [0.05, 0.1) is 13.2 Å². The molecule has 1 aliphatic rings. The van der Waals surface area contributed by atoms with Crippen molar-refractivity contribution < 1.29 is 14.3 Å². The van der Waals surface area contributed by atoms with Crippen molar-refractivity contribution in [3.63, 3.8) is 0 Å². The highest BCUT2D eigenvalue weighted by Crippen LogP contribution is 2.39. The minimum atomic E-state index is -0.301. The molecule has 1 aliphatic heterocycles. The van der Waals surface area contributed by atoms with E-state index in [4.69, 9.17) is 21.1 Å². The summed E-state index contributed by atoms with van der Waals surface area (Å²) in [5, 5.41) is 7.85. The van der Waals surface area contributed by atoms with Crippen LogP contribution in [0.2, 0.25) is 5.02 Å². The van der Waals surface area contributed by atoms with Crippen LogP contribution in [-0.2, 0) is 11.2 Å². The number of hydrogen-bond acceptors (Lipinski definition) is 6. The molecule has 0 aliphatic carbocycles. The Morgan fingerprint density at radius 2 is 2.11 bits per heavy atom. The molecular formula is C27H29ClN4O3S. The van der Waals surface area contributed by atoms with Crippen molar-refractivity contribution in [1.82, 2.24) is 14.9 Å². The average Bonchev–Trinajstić information content (AvgIpc) is 3.52. The van der Waals surface area contributed by atoms with Gasteiger partial charge in [-0.2, -0.15) is 0 Å². The molecule has 0 unspecified atom stereocenters. The van der Waals surface area contributed by atoms with Crippen molar-refractivity contribution in [2.75, 3.05) is 31.6 Å². The number of amides is 1. The van der Waals surface area contributed by atoms with Gasteiger partial charge in [-0.05, 0) is 53.8 Å². The second kappa shape index (κ2) is 10.8. The number of nitrogens with one attached hydrogen (secondary N) is 2. The van der Waals surface area contributed by atoms with Crippen LogP contribution in [0.25, 0.3) is 10.9 Å². The molecule has 0 bridgehead atoms. The molecule has 2 aromatic carbocycles. The molecule has 5 rings (SSSR count). The number of benzene rings is 2. The number of H-pyrrole nitrogens is 1. The smallest absolute Gasteiger partial charge is 0.410 e. The minimum absolute atomic E-state index is 0.268. The van der Waals surface area contributed by atoms with Gasteiger partial charge in [-0.1, -0.05) is 37.6 Å². The number of anilines is 1. The van der Waals surface area contributed by atoms with Crippen LogP contribution in [0.15, 0.2) is 54.0 Å². The predicted molar refractivity (Wildman–Crippen MR) is 144 cm³/mol. The Kier molecular flexibility index (Phi) is 7.34. The predicted octanol–water partition coefficient (Wildman–Crippen LogP) is 6.51. The fourth-order valence-electron chi connectivity index (χ4n) is 4.51. The van der Waals surface area contributed by atoms with Crippen LogP contribution in [0.4, 0.5) is 9.93 Å². The van der Waals surface area contributed by atoms with E-state index in [1.807, 2.05) is 66.6 Å².